The largest absolute Gasteiger partial charge is 0.351 e. The predicted octanol–water partition coefficient (Wildman–Crippen LogP) is 3.66. The maximum absolute atomic E-state index is 4.94. The average Bonchev–Trinajstić information content (AvgIpc) is 3.19. The van der Waals surface area contributed by atoms with Gasteiger partial charge in [-0.3, -0.25) is 0 Å². The van der Waals surface area contributed by atoms with Crippen molar-refractivity contribution in [3.63, 3.8) is 0 Å². The molecular formula is C18H29N3. The van der Waals surface area contributed by atoms with Crippen molar-refractivity contribution in [3.05, 3.63) is 23.4 Å². The number of rotatable bonds is 6. The Kier molecular flexibility index (Phi) is 4.21. The van der Waals surface area contributed by atoms with E-state index in [1.165, 1.54) is 42.8 Å². The van der Waals surface area contributed by atoms with Crippen LogP contribution in [0.1, 0.15) is 64.1 Å². The zero-order chi connectivity index (χ0) is 14.9. The van der Waals surface area contributed by atoms with E-state index in [0.29, 0.717) is 0 Å². The zero-order valence-corrected chi connectivity index (χ0v) is 13.8. The van der Waals surface area contributed by atoms with Crippen LogP contribution in [0.3, 0.4) is 0 Å². The van der Waals surface area contributed by atoms with Gasteiger partial charge in [0.25, 0.3) is 0 Å². The van der Waals surface area contributed by atoms with Crippen LogP contribution in [0.25, 0.3) is 0 Å². The molecule has 0 radical (unpaired) electrons. The molecule has 116 valence electrons. The van der Waals surface area contributed by atoms with E-state index in [1.807, 2.05) is 0 Å². The number of hydrogen-bond donors (Lipinski definition) is 1. The van der Waals surface area contributed by atoms with E-state index in [4.69, 9.17) is 4.98 Å². The van der Waals surface area contributed by atoms with Gasteiger partial charge in [0.05, 0.1) is 0 Å². The lowest BCUT2D eigenvalue weighted by Crippen LogP contribution is -2.38. The van der Waals surface area contributed by atoms with Gasteiger partial charge in [0.2, 0.25) is 0 Å². The highest BCUT2D eigenvalue weighted by atomic mass is 15.3. The van der Waals surface area contributed by atoms with Crippen molar-refractivity contribution in [1.82, 2.24) is 10.3 Å². The number of pyridine rings is 1. The summed E-state index contributed by atoms with van der Waals surface area (Å²) in [7, 11) is 0. The lowest BCUT2D eigenvalue weighted by molar-refractivity contribution is 0.513. The molecule has 1 aliphatic carbocycles. The van der Waals surface area contributed by atoms with E-state index < -0.39 is 0 Å². The molecule has 0 aromatic carbocycles. The Morgan fingerprint density at radius 3 is 2.76 bits per heavy atom. The van der Waals surface area contributed by atoms with Crippen LogP contribution < -0.4 is 10.2 Å². The fourth-order valence-electron chi connectivity index (χ4n) is 3.34. The molecule has 1 aromatic heterocycles. The minimum absolute atomic E-state index is 0.249. The number of nitrogens with zero attached hydrogens (tertiary/aromatic N) is 2. The van der Waals surface area contributed by atoms with E-state index in [-0.39, 0.29) is 5.54 Å². The van der Waals surface area contributed by atoms with Gasteiger partial charge in [-0.05, 0) is 63.6 Å². The van der Waals surface area contributed by atoms with Gasteiger partial charge in [0.1, 0.15) is 5.82 Å². The number of nitrogens with one attached hydrogen (secondary N) is 1. The molecule has 2 aliphatic rings. The Hall–Kier alpha value is -1.09. The Labute approximate surface area is 129 Å². The van der Waals surface area contributed by atoms with E-state index >= 15 is 0 Å². The summed E-state index contributed by atoms with van der Waals surface area (Å²) in [5.41, 5.74) is 2.90. The van der Waals surface area contributed by atoms with Gasteiger partial charge >= 0.3 is 0 Å². The SMILES string of the molecule is CCCc1cc(CNC2CC2)cc(N2CCCC2(C)C)n1. The maximum atomic E-state index is 4.94. The molecule has 3 heteroatoms. The number of aromatic nitrogens is 1. The lowest BCUT2D eigenvalue weighted by Gasteiger charge is -2.33. The normalized spacial score (nSPS) is 21.0. The minimum atomic E-state index is 0.249. The van der Waals surface area contributed by atoms with Gasteiger partial charge in [-0.1, -0.05) is 13.3 Å². The summed E-state index contributed by atoms with van der Waals surface area (Å²) in [4.78, 5) is 7.45. The van der Waals surface area contributed by atoms with E-state index in [0.717, 1.165) is 32.0 Å². The summed E-state index contributed by atoms with van der Waals surface area (Å²) in [6.45, 7) is 9.05. The summed E-state index contributed by atoms with van der Waals surface area (Å²) < 4.78 is 0. The average molecular weight is 287 g/mol. The summed E-state index contributed by atoms with van der Waals surface area (Å²) in [5.74, 6) is 1.19. The second kappa shape index (κ2) is 5.96. The molecule has 3 rings (SSSR count). The first-order valence-corrected chi connectivity index (χ1v) is 8.59. The van der Waals surface area contributed by atoms with E-state index in [1.54, 1.807) is 0 Å². The Balaban J connectivity index is 1.83. The first-order chi connectivity index (χ1) is 10.1. The molecule has 2 fully saturated rings. The second-order valence-electron chi connectivity index (χ2n) is 7.30. The summed E-state index contributed by atoms with van der Waals surface area (Å²) >= 11 is 0. The van der Waals surface area contributed by atoms with Crippen LogP contribution in [-0.4, -0.2) is 23.1 Å². The second-order valence-corrected chi connectivity index (χ2v) is 7.30. The fraction of sp³-hybridized carbons (Fsp3) is 0.722. The molecule has 0 bridgehead atoms. The fourth-order valence-corrected chi connectivity index (χ4v) is 3.34. The van der Waals surface area contributed by atoms with Crippen molar-refractivity contribution in [1.29, 1.82) is 0 Å². The molecule has 1 N–H and O–H groups in total. The summed E-state index contributed by atoms with van der Waals surface area (Å²) in [6, 6.07) is 5.37. The first-order valence-electron chi connectivity index (χ1n) is 8.59. The van der Waals surface area contributed by atoms with Crippen molar-refractivity contribution in [2.24, 2.45) is 0 Å². The monoisotopic (exact) mass is 287 g/mol. The van der Waals surface area contributed by atoms with Crippen molar-refractivity contribution >= 4 is 5.82 Å². The first kappa shape index (κ1) is 14.8. The van der Waals surface area contributed by atoms with Gasteiger partial charge in [0.15, 0.2) is 0 Å². The highest BCUT2D eigenvalue weighted by Crippen LogP contribution is 2.33. The Morgan fingerprint density at radius 2 is 2.14 bits per heavy atom. The topological polar surface area (TPSA) is 28.2 Å². The maximum Gasteiger partial charge on any atom is 0.129 e. The van der Waals surface area contributed by atoms with Crippen LogP contribution in [0, 0.1) is 0 Å². The van der Waals surface area contributed by atoms with Crippen LogP contribution in [0.5, 0.6) is 0 Å². The molecule has 21 heavy (non-hydrogen) atoms. The molecule has 0 unspecified atom stereocenters. The third-order valence-electron chi connectivity index (χ3n) is 4.78. The van der Waals surface area contributed by atoms with Crippen LogP contribution in [0.15, 0.2) is 12.1 Å². The van der Waals surface area contributed by atoms with Crippen LogP contribution in [0.2, 0.25) is 0 Å². The van der Waals surface area contributed by atoms with Crippen molar-refractivity contribution in [2.75, 3.05) is 11.4 Å². The molecule has 0 spiro atoms. The molecule has 0 atom stereocenters. The number of hydrogen-bond acceptors (Lipinski definition) is 3. The summed E-state index contributed by atoms with van der Waals surface area (Å²) in [6.07, 6.45) is 7.48. The van der Waals surface area contributed by atoms with Crippen LogP contribution in [-0.2, 0) is 13.0 Å². The smallest absolute Gasteiger partial charge is 0.129 e. The third-order valence-corrected chi connectivity index (χ3v) is 4.78. The molecule has 0 amide bonds. The van der Waals surface area contributed by atoms with Gasteiger partial charge in [-0.2, -0.15) is 0 Å². The molecule has 3 nitrogen and oxygen atoms in total. The Bertz CT molecular complexity index is 491. The molecule has 1 aromatic rings. The molecule has 1 aliphatic heterocycles. The van der Waals surface area contributed by atoms with Crippen molar-refractivity contribution < 1.29 is 0 Å². The standard InChI is InChI=1S/C18H29N3/c1-4-6-16-11-14(13-19-15-7-8-15)12-17(20-16)21-10-5-9-18(21,2)3/h11-12,15,19H,4-10,13H2,1-3H3. The van der Waals surface area contributed by atoms with Crippen LogP contribution in [0.4, 0.5) is 5.82 Å². The lowest BCUT2D eigenvalue weighted by atomic mass is 10.0. The van der Waals surface area contributed by atoms with Gasteiger partial charge in [0, 0.05) is 30.4 Å². The van der Waals surface area contributed by atoms with Crippen molar-refractivity contribution in [3.8, 4) is 0 Å². The highest BCUT2D eigenvalue weighted by Gasteiger charge is 2.33. The highest BCUT2D eigenvalue weighted by molar-refractivity contribution is 5.46. The minimum Gasteiger partial charge on any atom is -0.351 e. The molecule has 1 saturated carbocycles. The number of anilines is 1. The quantitative estimate of drug-likeness (QED) is 0.865. The Morgan fingerprint density at radius 1 is 1.33 bits per heavy atom. The molecular weight excluding hydrogens is 258 g/mol. The predicted molar refractivity (Wildman–Crippen MR) is 88.8 cm³/mol. The number of aryl methyl sites for hydroxylation is 1. The summed E-state index contributed by atoms with van der Waals surface area (Å²) in [5, 5.41) is 3.63. The molecule has 2 heterocycles. The van der Waals surface area contributed by atoms with Crippen LogP contribution >= 0.6 is 0 Å². The van der Waals surface area contributed by atoms with Gasteiger partial charge < -0.3 is 10.2 Å². The van der Waals surface area contributed by atoms with E-state index in [2.05, 4.69) is 43.1 Å². The third kappa shape index (κ3) is 3.57. The zero-order valence-electron chi connectivity index (χ0n) is 13.8. The van der Waals surface area contributed by atoms with Gasteiger partial charge in [-0.15, -0.1) is 0 Å². The van der Waals surface area contributed by atoms with Gasteiger partial charge in [-0.25, -0.2) is 4.98 Å². The molecule has 1 saturated heterocycles. The van der Waals surface area contributed by atoms with Crippen molar-refractivity contribution in [2.45, 2.75) is 77.4 Å². The van der Waals surface area contributed by atoms with E-state index in [9.17, 15) is 0 Å².